The van der Waals surface area contributed by atoms with Crippen LogP contribution in [-0.2, 0) is 0 Å². The number of alkyl halides is 1. The summed E-state index contributed by atoms with van der Waals surface area (Å²) in [6.07, 6.45) is 7.02. The first-order chi connectivity index (χ1) is 12.8. The van der Waals surface area contributed by atoms with Gasteiger partial charge in [0.15, 0.2) is 0 Å². The molecule has 1 saturated carbocycles. The Morgan fingerprint density at radius 2 is 2.26 bits per heavy atom. The summed E-state index contributed by atoms with van der Waals surface area (Å²) in [6, 6.07) is 5.43. The number of hydrogen-bond acceptors (Lipinski definition) is 4. The van der Waals surface area contributed by atoms with Crippen molar-refractivity contribution in [1.82, 2.24) is 14.6 Å². The number of aryl methyl sites for hydroxylation is 1. The number of aromatic nitrogens is 3. The zero-order chi connectivity index (χ0) is 19.2. The maximum Gasteiger partial charge on any atom is 0.252 e. The third-order valence-electron chi connectivity index (χ3n) is 5.32. The van der Waals surface area contributed by atoms with Crippen molar-refractivity contribution in [2.24, 2.45) is 5.73 Å². The van der Waals surface area contributed by atoms with Gasteiger partial charge in [0.2, 0.25) is 0 Å². The Labute approximate surface area is 156 Å². The quantitative estimate of drug-likeness (QED) is 0.739. The second kappa shape index (κ2) is 6.33. The summed E-state index contributed by atoms with van der Waals surface area (Å²) < 4.78 is 16.5. The molecular formula is C20H22FN5O. The van der Waals surface area contributed by atoms with E-state index >= 15 is 0 Å². The summed E-state index contributed by atoms with van der Waals surface area (Å²) in [5.41, 5.74) is 8.44. The largest absolute Gasteiger partial charge is 0.377 e. The molecule has 1 aliphatic carbocycles. The Bertz CT molecular complexity index is 1030. The molecule has 3 N–H and O–H groups in total. The summed E-state index contributed by atoms with van der Waals surface area (Å²) >= 11 is 0. The highest BCUT2D eigenvalue weighted by Gasteiger charge is 2.39. The number of nitrogens with zero attached hydrogens (tertiary/aromatic N) is 3. The smallest absolute Gasteiger partial charge is 0.252 e. The maximum atomic E-state index is 14.8. The van der Waals surface area contributed by atoms with Gasteiger partial charge in [-0.1, -0.05) is 0 Å². The van der Waals surface area contributed by atoms with Crippen molar-refractivity contribution in [3.05, 3.63) is 47.9 Å². The molecule has 3 heterocycles. The predicted molar refractivity (Wildman–Crippen MR) is 102 cm³/mol. The van der Waals surface area contributed by atoms with E-state index in [1.165, 1.54) is 6.20 Å². The number of carbonyl (C=O) groups excluding carboxylic acids is 1. The third kappa shape index (κ3) is 3.13. The molecule has 1 fully saturated rings. The van der Waals surface area contributed by atoms with Gasteiger partial charge in [-0.25, -0.2) is 8.91 Å². The van der Waals surface area contributed by atoms with Gasteiger partial charge in [-0.2, -0.15) is 5.10 Å². The lowest BCUT2D eigenvalue weighted by atomic mass is 10.0. The Morgan fingerprint density at radius 1 is 1.44 bits per heavy atom. The molecule has 0 unspecified atom stereocenters. The van der Waals surface area contributed by atoms with Crippen LogP contribution in [0.1, 0.15) is 42.1 Å². The molecule has 2 atom stereocenters. The minimum Gasteiger partial charge on any atom is -0.377 e. The summed E-state index contributed by atoms with van der Waals surface area (Å²) in [5, 5.41) is 7.54. The summed E-state index contributed by atoms with van der Waals surface area (Å²) in [4.78, 5) is 16.4. The minimum absolute atomic E-state index is 0.257. The number of hydrogen-bond donors (Lipinski definition) is 2. The van der Waals surface area contributed by atoms with Crippen molar-refractivity contribution in [2.45, 2.75) is 44.8 Å². The van der Waals surface area contributed by atoms with E-state index in [0.717, 1.165) is 23.2 Å². The number of primary amides is 1. The molecule has 6 nitrogen and oxygen atoms in total. The number of pyridine rings is 1. The second-order valence-corrected chi connectivity index (χ2v) is 7.44. The van der Waals surface area contributed by atoms with Crippen LogP contribution in [0, 0.1) is 6.92 Å². The molecule has 0 saturated heterocycles. The summed E-state index contributed by atoms with van der Waals surface area (Å²) in [6.45, 7) is 3.60. The highest BCUT2D eigenvalue weighted by atomic mass is 19.1. The molecular weight excluding hydrogens is 345 g/mol. The van der Waals surface area contributed by atoms with Crippen molar-refractivity contribution in [3.8, 4) is 11.3 Å². The molecule has 0 spiro atoms. The van der Waals surface area contributed by atoms with Gasteiger partial charge < -0.3 is 11.1 Å². The van der Waals surface area contributed by atoms with Crippen LogP contribution >= 0.6 is 0 Å². The lowest BCUT2D eigenvalue weighted by Gasteiger charge is -2.26. The SMILES string of the molecule is Cc1ccnc(-c2cc3c(N[C@@H]4CCC[C@@]4(C)F)c(C(N)=O)cnn3c2)c1. The van der Waals surface area contributed by atoms with Crippen LogP contribution in [-0.4, -0.2) is 32.2 Å². The third-order valence-corrected chi connectivity index (χ3v) is 5.32. The van der Waals surface area contributed by atoms with Crippen molar-refractivity contribution in [3.63, 3.8) is 0 Å². The number of fused-ring (bicyclic) bond motifs is 1. The van der Waals surface area contributed by atoms with E-state index in [1.807, 2.05) is 31.3 Å². The van der Waals surface area contributed by atoms with Crippen molar-refractivity contribution < 1.29 is 9.18 Å². The van der Waals surface area contributed by atoms with Gasteiger partial charge in [-0.3, -0.25) is 9.78 Å². The lowest BCUT2D eigenvalue weighted by Crippen LogP contribution is -2.36. The highest BCUT2D eigenvalue weighted by Crippen LogP contribution is 2.37. The number of rotatable bonds is 4. The first kappa shape index (κ1) is 17.5. The van der Waals surface area contributed by atoms with Gasteiger partial charge in [0.05, 0.1) is 34.7 Å². The van der Waals surface area contributed by atoms with Crippen LogP contribution in [0.25, 0.3) is 16.8 Å². The van der Waals surface area contributed by atoms with Crippen molar-refractivity contribution in [1.29, 1.82) is 0 Å². The standard InChI is InChI=1S/C20H22FN5O/c1-12-5-7-23-15(8-12)13-9-16-18(25-17-4-3-6-20(17,2)21)14(19(22)27)10-24-26(16)11-13/h5,7-11,17,25H,3-4,6H2,1-2H3,(H2,22,27)/t17-,20-/m1/s1. The fourth-order valence-electron chi connectivity index (χ4n) is 3.75. The van der Waals surface area contributed by atoms with Gasteiger partial charge in [0, 0.05) is 18.0 Å². The molecule has 0 aromatic carbocycles. The Balaban J connectivity index is 1.84. The molecule has 1 amide bonds. The molecule has 140 valence electrons. The van der Waals surface area contributed by atoms with Gasteiger partial charge in [0.1, 0.15) is 5.67 Å². The average Bonchev–Trinajstić information content (AvgIpc) is 3.18. The average molecular weight is 367 g/mol. The van der Waals surface area contributed by atoms with Crippen molar-refractivity contribution in [2.75, 3.05) is 5.32 Å². The lowest BCUT2D eigenvalue weighted by molar-refractivity contribution is 0.1000. The fourth-order valence-corrected chi connectivity index (χ4v) is 3.75. The monoisotopic (exact) mass is 367 g/mol. The first-order valence-electron chi connectivity index (χ1n) is 9.05. The number of carbonyl (C=O) groups is 1. The van der Waals surface area contributed by atoms with E-state index in [0.29, 0.717) is 24.0 Å². The molecule has 0 radical (unpaired) electrons. The molecule has 0 bridgehead atoms. The van der Waals surface area contributed by atoms with E-state index in [9.17, 15) is 9.18 Å². The number of nitrogens with one attached hydrogen (secondary N) is 1. The van der Waals surface area contributed by atoms with Crippen LogP contribution in [0.15, 0.2) is 36.8 Å². The summed E-state index contributed by atoms with van der Waals surface area (Å²) in [7, 11) is 0. The summed E-state index contributed by atoms with van der Waals surface area (Å²) in [5.74, 6) is -0.595. The number of halogens is 1. The molecule has 7 heteroatoms. The zero-order valence-corrected chi connectivity index (χ0v) is 15.4. The molecule has 3 aromatic rings. The van der Waals surface area contributed by atoms with Crippen LogP contribution < -0.4 is 11.1 Å². The zero-order valence-electron chi connectivity index (χ0n) is 15.4. The van der Waals surface area contributed by atoms with E-state index in [4.69, 9.17) is 5.73 Å². The van der Waals surface area contributed by atoms with E-state index in [-0.39, 0.29) is 11.6 Å². The van der Waals surface area contributed by atoms with E-state index in [2.05, 4.69) is 15.4 Å². The second-order valence-electron chi connectivity index (χ2n) is 7.44. The normalized spacial score (nSPS) is 22.3. The molecule has 1 aliphatic rings. The fraction of sp³-hybridized carbons (Fsp3) is 0.350. The van der Waals surface area contributed by atoms with Gasteiger partial charge in [-0.05, 0) is 56.9 Å². The Kier molecular flexibility index (Phi) is 4.09. The van der Waals surface area contributed by atoms with Crippen LogP contribution in [0.3, 0.4) is 0 Å². The van der Waals surface area contributed by atoms with Crippen LogP contribution in [0.5, 0.6) is 0 Å². The molecule has 3 aromatic heterocycles. The molecule has 0 aliphatic heterocycles. The minimum atomic E-state index is -1.33. The number of amides is 1. The van der Waals surface area contributed by atoms with Crippen molar-refractivity contribution >= 4 is 17.1 Å². The highest BCUT2D eigenvalue weighted by molar-refractivity contribution is 6.02. The van der Waals surface area contributed by atoms with Gasteiger partial charge >= 0.3 is 0 Å². The van der Waals surface area contributed by atoms with Gasteiger partial charge in [0.25, 0.3) is 5.91 Å². The van der Waals surface area contributed by atoms with Gasteiger partial charge in [-0.15, -0.1) is 0 Å². The predicted octanol–water partition coefficient (Wildman–Crippen LogP) is 3.50. The maximum absolute atomic E-state index is 14.8. The first-order valence-corrected chi connectivity index (χ1v) is 9.05. The Hall–Kier alpha value is -2.96. The molecule has 4 rings (SSSR count). The van der Waals surface area contributed by atoms with E-state index < -0.39 is 11.6 Å². The number of nitrogens with two attached hydrogens (primary N) is 1. The molecule has 27 heavy (non-hydrogen) atoms. The topological polar surface area (TPSA) is 85.3 Å². The number of anilines is 1. The Morgan fingerprint density at radius 3 is 2.93 bits per heavy atom. The van der Waals surface area contributed by atoms with E-state index in [1.54, 1.807) is 17.6 Å². The van der Waals surface area contributed by atoms with Crippen LogP contribution in [0.2, 0.25) is 0 Å². The van der Waals surface area contributed by atoms with Crippen LogP contribution in [0.4, 0.5) is 10.1 Å².